The van der Waals surface area contributed by atoms with Crippen molar-refractivity contribution in [3.63, 3.8) is 0 Å². The number of nitrogens with two attached hydrogens (primary N) is 1. The maximum atomic E-state index is 5.66. The van der Waals surface area contributed by atoms with E-state index in [9.17, 15) is 0 Å². The number of hydrogen-bond donors (Lipinski definition) is 2. The molecule has 0 unspecified atom stereocenters. The summed E-state index contributed by atoms with van der Waals surface area (Å²) in [5, 5.41) is 2.96. The molecule has 1 rings (SSSR count). The minimum Gasteiger partial charge on any atom is -0.497 e. The molecule has 0 heterocycles. The number of guanidine groups is 1. The van der Waals surface area contributed by atoms with E-state index in [1.54, 1.807) is 20.3 Å². The average molecular weight is 223 g/mol. The molecule has 0 aliphatic heterocycles. The Hall–Kier alpha value is -1.91. The second kappa shape index (κ2) is 5.85. The molecule has 3 N–H and O–H groups in total. The van der Waals surface area contributed by atoms with E-state index in [1.807, 2.05) is 19.1 Å². The average Bonchev–Trinajstić information content (AvgIpc) is 2.30. The zero-order chi connectivity index (χ0) is 12.0. The number of ether oxygens (including phenoxy) is 2. The van der Waals surface area contributed by atoms with Crippen molar-refractivity contribution in [2.75, 3.05) is 26.1 Å². The second-order valence-corrected chi connectivity index (χ2v) is 3.05. The van der Waals surface area contributed by atoms with Gasteiger partial charge in [-0.05, 0) is 19.1 Å². The summed E-state index contributed by atoms with van der Waals surface area (Å²) >= 11 is 0. The first-order chi connectivity index (χ1) is 7.71. The van der Waals surface area contributed by atoms with Gasteiger partial charge in [-0.25, -0.2) is 0 Å². The Morgan fingerprint density at radius 1 is 1.38 bits per heavy atom. The number of benzene rings is 1. The molecule has 0 aliphatic carbocycles. The van der Waals surface area contributed by atoms with Crippen LogP contribution in [0.3, 0.4) is 0 Å². The molecule has 0 amide bonds. The van der Waals surface area contributed by atoms with Gasteiger partial charge >= 0.3 is 0 Å². The van der Waals surface area contributed by atoms with E-state index in [0.717, 1.165) is 11.4 Å². The van der Waals surface area contributed by atoms with E-state index in [0.29, 0.717) is 18.3 Å². The lowest BCUT2D eigenvalue weighted by Crippen LogP contribution is -2.22. The highest BCUT2D eigenvalue weighted by molar-refractivity contribution is 5.93. The van der Waals surface area contributed by atoms with E-state index in [2.05, 4.69) is 10.3 Å². The van der Waals surface area contributed by atoms with E-state index < -0.39 is 0 Å². The summed E-state index contributed by atoms with van der Waals surface area (Å²) in [7, 11) is 3.20. The lowest BCUT2D eigenvalue weighted by Gasteiger charge is -2.11. The molecule has 0 atom stereocenters. The minimum atomic E-state index is 0.367. The molecule has 0 saturated carbocycles. The van der Waals surface area contributed by atoms with Crippen LogP contribution in [0.1, 0.15) is 6.92 Å². The second-order valence-electron chi connectivity index (χ2n) is 3.05. The van der Waals surface area contributed by atoms with Gasteiger partial charge in [-0.2, -0.15) is 0 Å². The van der Waals surface area contributed by atoms with Crippen molar-refractivity contribution in [3.05, 3.63) is 18.2 Å². The molecule has 0 spiro atoms. The molecule has 1 aromatic rings. The van der Waals surface area contributed by atoms with Crippen LogP contribution in [0.4, 0.5) is 5.69 Å². The quantitative estimate of drug-likeness (QED) is 0.598. The third kappa shape index (κ3) is 3.05. The number of nitrogens with zero attached hydrogens (tertiary/aromatic N) is 1. The van der Waals surface area contributed by atoms with Crippen molar-refractivity contribution in [1.29, 1.82) is 0 Å². The molecule has 5 heteroatoms. The molecule has 0 radical (unpaired) electrons. The first-order valence-electron chi connectivity index (χ1n) is 5.00. The number of hydrogen-bond acceptors (Lipinski definition) is 3. The lowest BCUT2D eigenvalue weighted by molar-refractivity contribution is 0.395. The molecule has 16 heavy (non-hydrogen) atoms. The van der Waals surface area contributed by atoms with Crippen LogP contribution in [0.2, 0.25) is 0 Å². The molecule has 0 aromatic heterocycles. The highest BCUT2D eigenvalue weighted by Gasteiger charge is 2.05. The first-order valence-corrected chi connectivity index (χ1v) is 5.00. The third-order valence-corrected chi connectivity index (χ3v) is 2.00. The van der Waals surface area contributed by atoms with E-state index in [4.69, 9.17) is 15.2 Å². The topological polar surface area (TPSA) is 68.9 Å². The van der Waals surface area contributed by atoms with Gasteiger partial charge in [0, 0.05) is 12.6 Å². The van der Waals surface area contributed by atoms with E-state index in [1.165, 1.54) is 0 Å². The van der Waals surface area contributed by atoms with Crippen molar-refractivity contribution in [2.24, 2.45) is 10.7 Å². The summed E-state index contributed by atoms with van der Waals surface area (Å²) in [6.45, 7) is 2.55. The molecule has 0 aliphatic rings. The van der Waals surface area contributed by atoms with Crippen molar-refractivity contribution in [1.82, 2.24) is 0 Å². The number of rotatable bonds is 4. The summed E-state index contributed by atoms with van der Waals surface area (Å²) in [4.78, 5) is 4.03. The van der Waals surface area contributed by atoms with Gasteiger partial charge in [0.15, 0.2) is 5.96 Å². The first kappa shape index (κ1) is 12.2. The van der Waals surface area contributed by atoms with Crippen molar-refractivity contribution < 1.29 is 9.47 Å². The molecular formula is C11H17N3O2. The van der Waals surface area contributed by atoms with Gasteiger partial charge < -0.3 is 20.5 Å². The van der Waals surface area contributed by atoms with Gasteiger partial charge in [-0.3, -0.25) is 4.99 Å². The van der Waals surface area contributed by atoms with Crippen LogP contribution in [0.25, 0.3) is 0 Å². The van der Waals surface area contributed by atoms with Crippen molar-refractivity contribution >= 4 is 11.6 Å². The summed E-state index contributed by atoms with van der Waals surface area (Å²) in [5.74, 6) is 1.76. The summed E-state index contributed by atoms with van der Waals surface area (Å²) < 4.78 is 10.3. The van der Waals surface area contributed by atoms with Crippen LogP contribution < -0.4 is 20.5 Å². The monoisotopic (exact) mass is 223 g/mol. The molecule has 88 valence electrons. The van der Waals surface area contributed by atoms with Crippen LogP contribution in [0.15, 0.2) is 23.2 Å². The Balaban J connectivity index is 2.91. The van der Waals surface area contributed by atoms with Gasteiger partial charge in [0.1, 0.15) is 11.5 Å². The fourth-order valence-electron chi connectivity index (χ4n) is 1.25. The van der Waals surface area contributed by atoms with Gasteiger partial charge in [-0.1, -0.05) is 0 Å². The maximum Gasteiger partial charge on any atom is 0.193 e. The normalized spacial score (nSPS) is 11.1. The van der Waals surface area contributed by atoms with Crippen LogP contribution in [0.5, 0.6) is 11.5 Å². The predicted molar refractivity (Wildman–Crippen MR) is 65.3 cm³/mol. The standard InChI is InChI=1S/C11H17N3O2/c1-4-13-11(12)14-9-6-5-8(15-2)7-10(9)16-3/h5-7H,4H2,1-3H3,(H3,12,13,14). The van der Waals surface area contributed by atoms with E-state index in [-0.39, 0.29) is 0 Å². The van der Waals surface area contributed by atoms with Crippen molar-refractivity contribution in [3.8, 4) is 11.5 Å². The van der Waals surface area contributed by atoms with Crippen LogP contribution in [0, 0.1) is 0 Å². The zero-order valence-electron chi connectivity index (χ0n) is 9.78. The van der Waals surface area contributed by atoms with E-state index >= 15 is 0 Å². The highest BCUT2D eigenvalue weighted by Crippen LogP contribution is 2.28. The van der Waals surface area contributed by atoms with Crippen LogP contribution in [-0.2, 0) is 0 Å². The summed E-state index contributed by atoms with van der Waals surface area (Å²) in [5.41, 5.74) is 6.42. The van der Waals surface area contributed by atoms with Gasteiger partial charge in [0.2, 0.25) is 0 Å². The molecule has 1 aromatic carbocycles. The summed E-state index contributed by atoms with van der Waals surface area (Å²) in [6, 6.07) is 5.43. The van der Waals surface area contributed by atoms with Gasteiger partial charge in [0.05, 0.1) is 19.9 Å². The number of nitrogens with one attached hydrogen (secondary N) is 1. The van der Waals surface area contributed by atoms with Gasteiger partial charge in [0.25, 0.3) is 0 Å². The summed E-state index contributed by atoms with van der Waals surface area (Å²) in [6.07, 6.45) is 0. The maximum absolute atomic E-state index is 5.66. The zero-order valence-corrected chi connectivity index (χ0v) is 9.78. The molecule has 5 nitrogen and oxygen atoms in total. The predicted octanol–water partition coefficient (Wildman–Crippen LogP) is 1.45. The largest absolute Gasteiger partial charge is 0.497 e. The lowest BCUT2D eigenvalue weighted by atomic mass is 10.2. The number of aliphatic imine (C=N–C) groups is 1. The molecule has 0 saturated heterocycles. The third-order valence-electron chi connectivity index (χ3n) is 2.00. The Morgan fingerprint density at radius 2 is 2.12 bits per heavy atom. The molecular weight excluding hydrogens is 206 g/mol. The Labute approximate surface area is 95.3 Å². The number of anilines is 1. The molecule has 0 fully saturated rings. The number of methoxy groups -OCH3 is 2. The SMILES string of the molecule is CCN=C(N)Nc1ccc(OC)cc1OC. The minimum absolute atomic E-state index is 0.367. The van der Waals surface area contributed by atoms with Crippen LogP contribution >= 0.6 is 0 Å². The Kier molecular flexibility index (Phi) is 4.44. The van der Waals surface area contributed by atoms with Gasteiger partial charge in [-0.15, -0.1) is 0 Å². The highest BCUT2D eigenvalue weighted by atomic mass is 16.5. The Morgan fingerprint density at radius 3 is 2.69 bits per heavy atom. The van der Waals surface area contributed by atoms with Crippen molar-refractivity contribution in [2.45, 2.75) is 6.92 Å². The fourth-order valence-corrected chi connectivity index (χ4v) is 1.25. The Bertz CT molecular complexity index is 377. The fraction of sp³-hybridized carbons (Fsp3) is 0.364. The van der Waals surface area contributed by atoms with Crippen LogP contribution in [-0.4, -0.2) is 26.7 Å². The molecule has 0 bridgehead atoms. The smallest absolute Gasteiger partial charge is 0.193 e.